The Labute approximate surface area is 107 Å². The number of benzene rings is 1. The van der Waals surface area contributed by atoms with Crippen LogP contribution in [0.2, 0.25) is 0 Å². The molecule has 18 heavy (non-hydrogen) atoms. The zero-order valence-corrected chi connectivity index (χ0v) is 10.6. The normalized spacial score (nSPS) is 27.1. The average molecular weight is 246 g/mol. The molecule has 1 saturated carbocycles. The lowest BCUT2D eigenvalue weighted by molar-refractivity contribution is -0.120. The molecule has 2 aliphatic rings. The summed E-state index contributed by atoms with van der Waals surface area (Å²) in [6.45, 7) is 3.45. The molecule has 3 nitrogen and oxygen atoms in total. The van der Waals surface area contributed by atoms with Gasteiger partial charge in [-0.2, -0.15) is 0 Å². The first-order chi connectivity index (χ1) is 8.75. The predicted octanol–water partition coefficient (Wildman–Crippen LogP) is 2.93. The topological polar surface area (TPSA) is 35.5 Å². The van der Waals surface area contributed by atoms with Crippen molar-refractivity contribution in [2.24, 2.45) is 5.92 Å². The quantitative estimate of drug-likeness (QED) is 0.764. The summed E-state index contributed by atoms with van der Waals surface area (Å²) in [4.78, 5) is 11.6. The maximum atomic E-state index is 11.6. The molecular formula is C15H18O3. The molecule has 0 radical (unpaired) electrons. The van der Waals surface area contributed by atoms with Gasteiger partial charge in [0.1, 0.15) is 5.78 Å². The number of hydrogen-bond donors (Lipinski definition) is 0. The number of carbonyl (C=O) groups is 1. The largest absolute Gasteiger partial charge is 0.490 e. The molecule has 0 amide bonds. The van der Waals surface area contributed by atoms with Gasteiger partial charge in [-0.3, -0.25) is 4.79 Å². The summed E-state index contributed by atoms with van der Waals surface area (Å²) in [6.07, 6.45) is 2.59. The van der Waals surface area contributed by atoms with Crippen LogP contribution in [0.4, 0.5) is 0 Å². The van der Waals surface area contributed by atoms with Crippen LogP contribution < -0.4 is 9.47 Å². The first kappa shape index (κ1) is 11.6. The molecule has 1 aliphatic heterocycles. The molecule has 0 N–H and O–H groups in total. The minimum Gasteiger partial charge on any atom is -0.490 e. The fourth-order valence-corrected chi connectivity index (χ4v) is 2.87. The SMILES string of the molecule is CC1C(=O)CCC1c1ccc2c(c1)OCCCO2. The summed E-state index contributed by atoms with van der Waals surface area (Å²) >= 11 is 0. The molecule has 1 heterocycles. The number of fused-ring (bicyclic) bond motifs is 1. The molecule has 1 fully saturated rings. The van der Waals surface area contributed by atoms with E-state index in [0.29, 0.717) is 31.3 Å². The third-order valence-electron chi connectivity index (χ3n) is 4.01. The molecule has 2 atom stereocenters. The minimum absolute atomic E-state index is 0.134. The lowest BCUT2D eigenvalue weighted by Crippen LogP contribution is -2.09. The molecule has 1 aromatic rings. The zero-order chi connectivity index (χ0) is 12.5. The number of ether oxygens (including phenoxy) is 2. The van der Waals surface area contributed by atoms with E-state index in [4.69, 9.17) is 9.47 Å². The summed E-state index contributed by atoms with van der Waals surface area (Å²) in [7, 11) is 0. The molecule has 0 aromatic heterocycles. The second-order valence-corrected chi connectivity index (χ2v) is 5.16. The molecule has 0 bridgehead atoms. The molecule has 1 aromatic carbocycles. The van der Waals surface area contributed by atoms with Gasteiger partial charge in [0.2, 0.25) is 0 Å². The van der Waals surface area contributed by atoms with E-state index in [9.17, 15) is 4.79 Å². The number of ketones is 1. The predicted molar refractivity (Wildman–Crippen MR) is 68.2 cm³/mol. The van der Waals surface area contributed by atoms with Crippen molar-refractivity contribution >= 4 is 5.78 Å². The van der Waals surface area contributed by atoms with E-state index < -0.39 is 0 Å². The van der Waals surface area contributed by atoms with Crippen molar-refractivity contribution in [3.8, 4) is 11.5 Å². The van der Waals surface area contributed by atoms with Gasteiger partial charge in [-0.05, 0) is 30.0 Å². The maximum Gasteiger partial charge on any atom is 0.161 e. The number of hydrogen-bond acceptors (Lipinski definition) is 3. The summed E-state index contributed by atoms with van der Waals surface area (Å²) < 4.78 is 11.3. The molecule has 3 heteroatoms. The zero-order valence-electron chi connectivity index (χ0n) is 10.6. The van der Waals surface area contributed by atoms with Crippen molar-refractivity contribution in [3.63, 3.8) is 0 Å². The summed E-state index contributed by atoms with van der Waals surface area (Å²) in [5.74, 6) is 2.52. The Hall–Kier alpha value is -1.51. The molecule has 1 aliphatic carbocycles. The van der Waals surface area contributed by atoms with E-state index >= 15 is 0 Å². The lowest BCUT2D eigenvalue weighted by atomic mass is 9.90. The van der Waals surface area contributed by atoms with E-state index in [0.717, 1.165) is 24.3 Å². The van der Waals surface area contributed by atoms with Crippen molar-refractivity contribution in [3.05, 3.63) is 23.8 Å². The van der Waals surface area contributed by atoms with Crippen LogP contribution in [-0.2, 0) is 4.79 Å². The monoisotopic (exact) mass is 246 g/mol. The Morgan fingerprint density at radius 3 is 2.67 bits per heavy atom. The van der Waals surface area contributed by atoms with Crippen molar-refractivity contribution in [2.75, 3.05) is 13.2 Å². The van der Waals surface area contributed by atoms with Gasteiger partial charge in [-0.25, -0.2) is 0 Å². The molecule has 3 rings (SSSR count). The van der Waals surface area contributed by atoms with Crippen molar-refractivity contribution < 1.29 is 14.3 Å². The van der Waals surface area contributed by atoms with E-state index in [1.807, 2.05) is 13.0 Å². The van der Waals surface area contributed by atoms with E-state index in [1.54, 1.807) is 0 Å². The Kier molecular flexibility index (Phi) is 2.98. The van der Waals surface area contributed by atoms with E-state index in [2.05, 4.69) is 12.1 Å². The average Bonchev–Trinajstić information content (AvgIpc) is 2.61. The van der Waals surface area contributed by atoms with Gasteiger partial charge in [0.05, 0.1) is 13.2 Å². The highest BCUT2D eigenvalue weighted by Crippen LogP contribution is 2.40. The summed E-state index contributed by atoms with van der Waals surface area (Å²) in [5.41, 5.74) is 1.21. The number of rotatable bonds is 1. The molecule has 0 saturated heterocycles. The van der Waals surface area contributed by atoms with Crippen LogP contribution in [0.1, 0.15) is 37.7 Å². The van der Waals surface area contributed by atoms with Crippen LogP contribution in [0.5, 0.6) is 11.5 Å². The van der Waals surface area contributed by atoms with Crippen LogP contribution in [0.3, 0.4) is 0 Å². The molecule has 96 valence electrons. The molecule has 2 unspecified atom stereocenters. The van der Waals surface area contributed by atoms with Gasteiger partial charge in [-0.15, -0.1) is 0 Å². The van der Waals surface area contributed by atoms with Gasteiger partial charge in [0.25, 0.3) is 0 Å². The van der Waals surface area contributed by atoms with E-state index in [-0.39, 0.29) is 5.92 Å². The maximum absolute atomic E-state index is 11.6. The number of carbonyl (C=O) groups excluding carboxylic acids is 1. The standard InChI is InChI=1S/C15H18O3/c1-10-12(4-5-13(10)16)11-3-6-14-15(9-11)18-8-2-7-17-14/h3,6,9-10,12H,2,4-5,7-8H2,1H3. The molecule has 0 spiro atoms. The van der Waals surface area contributed by atoms with Gasteiger partial charge in [-0.1, -0.05) is 13.0 Å². The molecular weight excluding hydrogens is 228 g/mol. The highest BCUT2D eigenvalue weighted by atomic mass is 16.5. The van der Waals surface area contributed by atoms with Gasteiger partial charge < -0.3 is 9.47 Å². The fourth-order valence-electron chi connectivity index (χ4n) is 2.87. The van der Waals surface area contributed by atoms with Crippen molar-refractivity contribution in [2.45, 2.75) is 32.1 Å². The number of Topliss-reactive ketones (excluding diaryl/α,β-unsaturated/α-hetero) is 1. The third-order valence-corrected chi connectivity index (χ3v) is 4.01. The van der Waals surface area contributed by atoms with Crippen LogP contribution in [0.15, 0.2) is 18.2 Å². The lowest BCUT2D eigenvalue weighted by Gasteiger charge is -2.16. The van der Waals surface area contributed by atoms with Crippen LogP contribution >= 0.6 is 0 Å². The van der Waals surface area contributed by atoms with E-state index in [1.165, 1.54) is 5.56 Å². The third kappa shape index (κ3) is 1.98. The van der Waals surface area contributed by atoms with Crippen molar-refractivity contribution in [1.82, 2.24) is 0 Å². The van der Waals surface area contributed by atoms with Gasteiger partial charge in [0, 0.05) is 18.8 Å². The first-order valence-corrected chi connectivity index (χ1v) is 6.68. The van der Waals surface area contributed by atoms with Crippen LogP contribution in [0.25, 0.3) is 0 Å². The highest BCUT2D eigenvalue weighted by Gasteiger charge is 2.32. The fraction of sp³-hybridized carbons (Fsp3) is 0.533. The van der Waals surface area contributed by atoms with Gasteiger partial charge >= 0.3 is 0 Å². The Balaban J connectivity index is 1.90. The second kappa shape index (κ2) is 4.63. The van der Waals surface area contributed by atoms with Crippen LogP contribution in [0, 0.1) is 5.92 Å². The van der Waals surface area contributed by atoms with Gasteiger partial charge in [0.15, 0.2) is 11.5 Å². The Bertz CT molecular complexity index is 467. The Morgan fingerprint density at radius 2 is 1.94 bits per heavy atom. The summed E-state index contributed by atoms with van der Waals surface area (Å²) in [6, 6.07) is 6.11. The Morgan fingerprint density at radius 1 is 1.17 bits per heavy atom. The minimum atomic E-state index is 0.134. The first-order valence-electron chi connectivity index (χ1n) is 6.68. The summed E-state index contributed by atoms with van der Waals surface area (Å²) in [5, 5.41) is 0. The highest BCUT2D eigenvalue weighted by molar-refractivity contribution is 5.84. The van der Waals surface area contributed by atoms with Crippen molar-refractivity contribution in [1.29, 1.82) is 0 Å². The second-order valence-electron chi connectivity index (χ2n) is 5.16. The smallest absolute Gasteiger partial charge is 0.161 e. The van der Waals surface area contributed by atoms with Crippen LogP contribution in [-0.4, -0.2) is 19.0 Å².